The summed E-state index contributed by atoms with van der Waals surface area (Å²) in [5.41, 5.74) is -0.690. The molecule has 2 rings (SSSR count). The fourth-order valence-corrected chi connectivity index (χ4v) is 3.03. The van der Waals surface area contributed by atoms with Crippen LogP contribution < -0.4 is 0 Å². The van der Waals surface area contributed by atoms with Crippen molar-refractivity contribution in [3.63, 3.8) is 0 Å². The number of rotatable bonds is 2. The van der Waals surface area contributed by atoms with Crippen molar-refractivity contribution in [1.82, 2.24) is 4.90 Å². The molecule has 0 spiro atoms. The molecule has 0 aromatic carbocycles. The number of carboxylic acids is 1. The van der Waals surface area contributed by atoms with Crippen LogP contribution in [0.3, 0.4) is 0 Å². The second-order valence-corrected chi connectivity index (χ2v) is 5.16. The molecule has 92 valence electrons. The van der Waals surface area contributed by atoms with Gasteiger partial charge in [0.2, 0.25) is 0 Å². The summed E-state index contributed by atoms with van der Waals surface area (Å²) in [5.74, 6) is -0.689. The van der Waals surface area contributed by atoms with E-state index in [2.05, 4.69) is 11.8 Å². The summed E-state index contributed by atoms with van der Waals surface area (Å²) in [6.07, 6.45) is 4.00. The Morgan fingerprint density at radius 3 is 2.81 bits per heavy atom. The van der Waals surface area contributed by atoms with Gasteiger partial charge in [-0.3, -0.25) is 9.69 Å². The SMILES string of the molecule is CC1OCCC1N1CCCCC1(C)C(=O)O. The molecule has 2 saturated heterocycles. The van der Waals surface area contributed by atoms with Crippen LogP contribution in [0.25, 0.3) is 0 Å². The first kappa shape index (κ1) is 11.9. The molecule has 2 heterocycles. The lowest BCUT2D eigenvalue weighted by Gasteiger charge is -2.45. The van der Waals surface area contributed by atoms with Gasteiger partial charge in [-0.25, -0.2) is 0 Å². The van der Waals surface area contributed by atoms with Crippen LogP contribution in [0.4, 0.5) is 0 Å². The molecule has 4 heteroatoms. The van der Waals surface area contributed by atoms with Gasteiger partial charge in [0, 0.05) is 12.6 Å². The Kier molecular flexibility index (Phi) is 3.22. The third-order valence-electron chi connectivity index (χ3n) is 4.14. The number of nitrogens with zero attached hydrogens (tertiary/aromatic N) is 1. The summed E-state index contributed by atoms with van der Waals surface area (Å²) < 4.78 is 5.56. The predicted molar refractivity (Wildman–Crippen MR) is 60.4 cm³/mol. The van der Waals surface area contributed by atoms with E-state index in [1.165, 1.54) is 0 Å². The highest BCUT2D eigenvalue weighted by molar-refractivity contribution is 5.78. The van der Waals surface area contributed by atoms with Gasteiger partial charge < -0.3 is 9.84 Å². The van der Waals surface area contributed by atoms with E-state index in [1.807, 2.05) is 6.92 Å². The number of hydrogen-bond donors (Lipinski definition) is 1. The van der Waals surface area contributed by atoms with Gasteiger partial charge in [0.15, 0.2) is 0 Å². The first-order chi connectivity index (χ1) is 7.55. The van der Waals surface area contributed by atoms with E-state index in [4.69, 9.17) is 4.74 Å². The average molecular weight is 227 g/mol. The maximum absolute atomic E-state index is 11.5. The summed E-state index contributed by atoms with van der Waals surface area (Å²) in [7, 11) is 0. The standard InChI is InChI=1S/C12H21NO3/c1-9-10(5-8-16-9)13-7-4-3-6-12(13,2)11(14)15/h9-10H,3-8H2,1-2H3,(H,14,15). The van der Waals surface area contributed by atoms with E-state index in [1.54, 1.807) is 0 Å². The lowest BCUT2D eigenvalue weighted by Crippen LogP contribution is -2.60. The van der Waals surface area contributed by atoms with Crippen molar-refractivity contribution in [3.05, 3.63) is 0 Å². The normalized spacial score (nSPS) is 41.1. The Bertz CT molecular complexity index is 281. The topological polar surface area (TPSA) is 49.8 Å². The number of piperidine rings is 1. The van der Waals surface area contributed by atoms with Crippen molar-refractivity contribution in [3.8, 4) is 0 Å². The van der Waals surface area contributed by atoms with Gasteiger partial charge in [0.1, 0.15) is 5.54 Å². The molecule has 2 aliphatic rings. The van der Waals surface area contributed by atoms with E-state index in [0.717, 1.165) is 38.8 Å². The predicted octanol–water partition coefficient (Wildman–Crippen LogP) is 1.49. The Morgan fingerprint density at radius 1 is 1.50 bits per heavy atom. The maximum atomic E-state index is 11.5. The average Bonchev–Trinajstić information content (AvgIpc) is 2.65. The molecule has 16 heavy (non-hydrogen) atoms. The number of carboxylic acid groups (broad SMARTS) is 1. The molecule has 4 nitrogen and oxygen atoms in total. The molecule has 1 N–H and O–H groups in total. The van der Waals surface area contributed by atoms with Crippen molar-refractivity contribution < 1.29 is 14.6 Å². The lowest BCUT2D eigenvalue weighted by molar-refractivity contribution is -0.156. The molecule has 0 aliphatic carbocycles. The number of carbonyl (C=O) groups is 1. The molecule has 0 bridgehead atoms. The third-order valence-corrected chi connectivity index (χ3v) is 4.14. The van der Waals surface area contributed by atoms with Crippen molar-refractivity contribution in [1.29, 1.82) is 0 Å². The van der Waals surface area contributed by atoms with Crippen LogP contribution in [-0.2, 0) is 9.53 Å². The van der Waals surface area contributed by atoms with E-state index in [9.17, 15) is 9.90 Å². The van der Waals surface area contributed by atoms with Crippen LogP contribution in [0.15, 0.2) is 0 Å². The van der Waals surface area contributed by atoms with Crippen LogP contribution >= 0.6 is 0 Å². The summed E-state index contributed by atoms with van der Waals surface area (Å²) in [6, 6.07) is 0.279. The van der Waals surface area contributed by atoms with Crippen LogP contribution in [0.2, 0.25) is 0 Å². The number of likely N-dealkylation sites (tertiary alicyclic amines) is 1. The monoisotopic (exact) mass is 227 g/mol. The molecule has 0 radical (unpaired) electrons. The summed E-state index contributed by atoms with van der Waals surface area (Å²) in [5, 5.41) is 9.43. The molecule has 2 aliphatic heterocycles. The first-order valence-electron chi connectivity index (χ1n) is 6.17. The van der Waals surface area contributed by atoms with Gasteiger partial charge in [-0.2, -0.15) is 0 Å². The first-order valence-corrected chi connectivity index (χ1v) is 6.17. The quantitative estimate of drug-likeness (QED) is 0.776. The zero-order valence-corrected chi connectivity index (χ0v) is 10.1. The summed E-state index contributed by atoms with van der Waals surface area (Å²) >= 11 is 0. The lowest BCUT2D eigenvalue weighted by atomic mass is 9.86. The van der Waals surface area contributed by atoms with E-state index < -0.39 is 11.5 Å². The highest BCUT2D eigenvalue weighted by Crippen LogP contribution is 2.34. The van der Waals surface area contributed by atoms with Gasteiger partial charge in [0.05, 0.1) is 6.10 Å². The van der Waals surface area contributed by atoms with Crippen molar-refractivity contribution in [2.75, 3.05) is 13.2 Å². The molecule has 0 amide bonds. The van der Waals surface area contributed by atoms with E-state index in [0.29, 0.717) is 0 Å². The van der Waals surface area contributed by atoms with Crippen molar-refractivity contribution in [2.24, 2.45) is 0 Å². The molecule has 3 unspecified atom stereocenters. The maximum Gasteiger partial charge on any atom is 0.323 e. The van der Waals surface area contributed by atoms with Crippen LogP contribution in [0.1, 0.15) is 39.5 Å². The second kappa shape index (κ2) is 4.34. The van der Waals surface area contributed by atoms with Gasteiger partial charge >= 0.3 is 5.97 Å². The minimum atomic E-state index is -0.690. The minimum absolute atomic E-state index is 0.164. The zero-order chi connectivity index (χ0) is 11.8. The number of ether oxygens (including phenoxy) is 1. The highest BCUT2D eigenvalue weighted by atomic mass is 16.5. The Hall–Kier alpha value is -0.610. The highest BCUT2D eigenvalue weighted by Gasteiger charge is 2.46. The molecule has 0 aromatic heterocycles. The molecular formula is C12H21NO3. The molecule has 0 aromatic rings. The Labute approximate surface area is 96.6 Å². The van der Waals surface area contributed by atoms with E-state index in [-0.39, 0.29) is 12.1 Å². The van der Waals surface area contributed by atoms with E-state index >= 15 is 0 Å². The van der Waals surface area contributed by atoms with Crippen LogP contribution in [0.5, 0.6) is 0 Å². The molecular weight excluding hydrogens is 206 g/mol. The van der Waals surface area contributed by atoms with Gasteiger partial charge in [0.25, 0.3) is 0 Å². The molecule has 2 fully saturated rings. The number of hydrogen-bond acceptors (Lipinski definition) is 3. The summed E-state index contributed by atoms with van der Waals surface area (Å²) in [4.78, 5) is 13.6. The van der Waals surface area contributed by atoms with Gasteiger partial charge in [-0.1, -0.05) is 0 Å². The molecule has 3 atom stereocenters. The van der Waals surface area contributed by atoms with Crippen LogP contribution in [0, 0.1) is 0 Å². The van der Waals surface area contributed by atoms with Crippen molar-refractivity contribution in [2.45, 2.75) is 57.2 Å². The van der Waals surface area contributed by atoms with Crippen LogP contribution in [-0.4, -0.2) is 46.8 Å². The van der Waals surface area contributed by atoms with Gasteiger partial charge in [-0.15, -0.1) is 0 Å². The largest absolute Gasteiger partial charge is 0.480 e. The summed E-state index contributed by atoms with van der Waals surface area (Å²) in [6.45, 7) is 5.56. The minimum Gasteiger partial charge on any atom is -0.480 e. The fourth-order valence-electron chi connectivity index (χ4n) is 3.03. The zero-order valence-electron chi connectivity index (χ0n) is 10.1. The Balaban J connectivity index is 2.19. The van der Waals surface area contributed by atoms with Crippen molar-refractivity contribution >= 4 is 5.97 Å². The smallest absolute Gasteiger partial charge is 0.323 e. The fraction of sp³-hybridized carbons (Fsp3) is 0.917. The van der Waals surface area contributed by atoms with Gasteiger partial charge in [-0.05, 0) is 46.1 Å². The third kappa shape index (κ3) is 1.84. The Morgan fingerprint density at radius 2 is 2.25 bits per heavy atom. The number of aliphatic carboxylic acids is 1. The molecule has 0 saturated carbocycles. The second-order valence-electron chi connectivity index (χ2n) is 5.16.